The maximum absolute atomic E-state index is 9.94. The van der Waals surface area contributed by atoms with Crippen LogP contribution in [0.15, 0.2) is 27.6 Å². The van der Waals surface area contributed by atoms with Gasteiger partial charge < -0.3 is 23.9 Å². The van der Waals surface area contributed by atoms with Gasteiger partial charge in [0.05, 0.1) is 31.1 Å². The van der Waals surface area contributed by atoms with Crippen molar-refractivity contribution in [2.24, 2.45) is 4.99 Å². The molecule has 0 bridgehead atoms. The molecule has 1 N–H and O–H groups in total. The van der Waals surface area contributed by atoms with Gasteiger partial charge in [0.2, 0.25) is 5.88 Å². The van der Waals surface area contributed by atoms with Gasteiger partial charge in [-0.05, 0) is 45.4 Å². The largest absolute Gasteiger partial charge is 0.475 e. The van der Waals surface area contributed by atoms with Crippen molar-refractivity contribution in [2.45, 2.75) is 39.8 Å². The second kappa shape index (κ2) is 8.75. The van der Waals surface area contributed by atoms with Gasteiger partial charge in [-0.15, -0.1) is 0 Å². The van der Waals surface area contributed by atoms with Crippen molar-refractivity contribution in [2.75, 3.05) is 37.8 Å². The molecule has 2 aromatic rings. The molecule has 28 heavy (non-hydrogen) atoms. The van der Waals surface area contributed by atoms with E-state index in [0.29, 0.717) is 31.3 Å². The van der Waals surface area contributed by atoms with E-state index in [1.165, 1.54) is 0 Å². The number of ether oxygens (including phenoxy) is 2. The maximum atomic E-state index is 9.94. The van der Waals surface area contributed by atoms with Crippen molar-refractivity contribution in [3.8, 4) is 5.88 Å². The first-order chi connectivity index (χ1) is 13.3. The lowest BCUT2D eigenvalue weighted by atomic mass is 10.2. The van der Waals surface area contributed by atoms with E-state index in [0.717, 1.165) is 35.9 Å². The summed E-state index contributed by atoms with van der Waals surface area (Å²) in [6, 6.07) is 5.89. The molecule has 3 heterocycles. The van der Waals surface area contributed by atoms with Crippen LogP contribution in [0.25, 0.3) is 0 Å². The van der Waals surface area contributed by atoms with Crippen LogP contribution in [0.4, 0.5) is 5.69 Å². The van der Waals surface area contributed by atoms with Gasteiger partial charge >= 0.3 is 0 Å². The average molecular weight is 387 g/mol. The quantitative estimate of drug-likeness (QED) is 0.736. The number of nitrogens with zero attached hydrogens (tertiary/aromatic N) is 3. The van der Waals surface area contributed by atoms with Crippen LogP contribution in [0.1, 0.15) is 36.6 Å². The summed E-state index contributed by atoms with van der Waals surface area (Å²) < 4.78 is 16.8. The first-order valence-electron chi connectivity index (χ1n) is 9.56. The number of hydrogen-bond acceptors (Lipinski definition) is 7. The third-order valence-corrected chi connectivity index (χ3v) is 4.44. The van der Waals surface area contributed by atoms with Crippen LogP contribution in [0, 0.1) is 13.8 Å². The molecule has 152 valence electrons. The number of furan rings is 1. The molecule has 7 nitrogen and oxygen atoms in total. The normalized spacial score (nSPS) is 15.4. The van der Waals surface area contributed by atoms with Gasteiger partial charge in [0, 0.05) is 31.1 Å². The van der Waals surface area contributed by atoms with E-state index < -0.39 is 5.60 Å². The van der Waals surface area contributed by atoms with Gasteiger partial charge in [-0.3, -0.25) is 4.99 Å². The van der Waals surface area contributed by atoms with E-state index >= 15 is 0 Å². The fraction of sp³-hybridized carbons (Fsp3) is 0.524. The molecule has 0 aromatic carbocycles. The third kappa shape index (κ3) is 5.81. The Morgan fingerprint density at radius 1 is 1.25 bits per heavy atom. The maximum Gasteiger partial charge on any atom is 0.216 e. The minimum atomic E-state index is -0.931. The first-order valence-corrected chi connectivity index (χ1v) is 9.56. The standard InChI is InChI=1S/C21H29N3O4/c1-15-9-19(28-16(15)2)13-22-12-17-10-18(24-5-7-26-8-6-24)11-20(23-17)27-14-21(3,4)25/h9-12,25H,5-8,13-14H2,1-4H3. The Morgan fingerprint density at radius 3 is 2.64 bits per heavy atom. The lowest BCUT2D eigenvalue weighted by Crippen LogP contribution is -2.36. The lowest BCUT2D eigenvalue weighted by Gasteiger charge is -2.29. The molecule has 1 fully saturated rings. The predicted molar refractivity (Wildman–Crippen MR) is 109 cm³/mol. The third-order valence-electron chi connectivity index (χ3n) is 4.44. The number of morpholine rings is 1. The van der Waals surface area contributed by atoms with Gasteiger partial charge in [-0.2, -0.15) is 0 Å². The zero-order valence-corrected chi connectivity index (χ0v) is 17.1. The fourth-order valence-electron chi connectivity index (χ4n) is 2.86. The summed E-state index contributed by atoms with van der Waals surface area (Å²) in [4.78, 5) is 11.2. The molecular formula is C21H29N3O4. The van der Waals surface area contributed by atoms with Crippen LogP contribution in [-0.2, 0) is 11.3 Å². The van der Waals surface area contributed by atoms with Gasteiger partial charge in [0.25, 0.3) is 0 Å². The first kappa shape index (κ1) is 20.4. The monoisotopic (exact) mass is 387 g/mol. The van der Waals surface area contributed by atoms with Crippen LogP contribution in [0.5, 0.6) is 5.88 Å². The Labute approximate surface area is 166 Å². The summed E-state index contributed by atoms with van der Waals surface area (Å²) in [7, 11) is 0. The van der Waals surface area contributed by atoms with Crippen LogP contribution in [0.2, 0.25) is 0 Å². The van der Waals surface area contributed by atoms with Crippen LogP contribution >= 0.6 is 0 Å². The van der Waals surface area contributed by atoms with Crippen molar-refractivity contribution in [3.05, 3.63) is 41.0 Å². The number of aliphatic imine (C=N–C) groups is 1. The van der Waals surface area contributed by atoms with E-state index in [9.17, 15) is 5.11 Å². The highest BCUT2D eigenvalue weighted by atomic mass is 16.5. The molecule has 0 aliphatic carbocycles. The Hall–Kier alpha value is -2.38. The van der Waals surface area contributed by atoms with E-state index in [-0.39, 0.29) is 6.61 Å². The van der Waals surface area contributed by atoms with E-state index in [2.05, 4.69) is 14.9 Å². The Kier molecular flexibility index (Phi) is 6.36. The van der Waals surface area contributed by atoms with Crippen LogP contribution in [-0.4, -0.2) is 54.8 Å². The summed E-state index contributed by atoms with van der Waals surface area (Å²) in [5, 5.41) is 9.94. The molecule has 2 aromatic heterocycles. The molecule has 0 spiro atoms. The van der Waals surface area contributed by atoms with Crippen molar-refractivity contribution in [1.29, 1.82) is 0 Å². The fourth-order valence-corrected chi connectivity index (χ4v) is 2.86. The van der Waals surface area contributed by atoms with Crippen molar-refractivity contribution < 1.29 is 19.0 Å². The zero-order chi connectivity index (χ0) is 20.1. The zero-order valence-electron chi connectivity index (χ0n) is 17.1. The molecule has 1 aliphatic heterocycles. The number of aryl methyl sites for hydroxylation is 2. The number of anilines is 1. The van der Waals surface area contributed by atoms with Crippen LogP contribution in [0.3, 0.4) is 0 Å². The second-order valence-electron chi connectivity index (χ2n) is 7.71. The number of hydrogen-bond donors (Lipinski definition) is 1. The molecular weight excluding hydrogens is 358 g/mol. The smallest absolute Gasteiger partial charge is 0.216 e. The minimum Gasteiger partial charge on any atom is -0.475 e. The lowest BCUT2D eigenvalue weighted by molar-refractivity contribution is 0.0268. The molecule has 1 saturated heterocycles. The highest BCUT2D eigenvalue weighted by Gasteiger charge is 2.17. The summed E-state index contributed by atoms with van der Waals surface area (Å²) >= 11 is 0. The molecule has 0 amide bonds. The summed E-state index contributed by atoms with van der Waals surface area (Å²) in [5.41, 5.74) is 1.91. The SMILES string of the molecule is Cc1cc(CN=Cc2cc(N3CCOCC3)cc(OCC(C)(C)O)n2)oc1C. The molecule has 1 aliphatic rings. The van der Waals surface area contributed by atoms with Gasteiger partial charge in [-0.25, -0.2) is 4.98 Å². The van der Waals surface area contributed by atoms with E-state index in [4.69, 9.17) is 13.9 Å². The molecule has 0 saturated carbocycles. The molecule has 0 radical (unpaired) electrons. The predicted octanol–water partition coefficient (Wildman–Crippen LogP) is 2.90. The minimum absolute atomic E-state index is 0.161. The summed E-state index contributed by atoms with van der Waals surface area (Å²) in [6.07, 6.45) is 1.73. The average Bonchev–Trinajstić information content (AvgIpc) is 2.98. The topological polar surface area (TPSA) is 80.3 Å². The summed E-state index contributed by atoms with van der Waals surface area (Å²) in [6.45, 7) is 11.0. The highest BCUT2D eigenvalue weighted by Crippen LogP contribution is 2.23. The molecule has 3 rings (SSSR count). The molecule has 0 unspecified atom stereocenters. The number of pyridine rings is 1. The molecule has 7 heteroatoms. The number of aromatic nitrogens is 1. The number of aliphatic hydroxyl groups is 1. The summed E-state index contributed by atoms with van der Waals surface area (Å²) in [5.74, 6) is 2.21. The van der Waals surface area contributed by atoms with Gasteiger partial charge in [0.15, 0.2) is 0 Å². The van der Waals surface area contributed by atoms with Gasteiger partial charge in [0.1, 0.15) is 18.1 Å². The number of rotatable bonds is 7. The van der Waals surface area contributed by atoms with Crippen molar-refractivity contribution in [3.63, 3.8) is 0 Å². The Balaban J connectivity index is 1.78. The van der Waals surface area contributed by atoms with Crippen LogP contribution < -0.4 is 9.64 Å². The van der Waals surface area contributed by atoms with Crippen molar-refractivity contribution in [1.82, 2.24) is 4.98 Å². The Morgan fingerprint density at radius 2 is 2.00 bits per heavy atom. The highest BCUT2D eigenvalue weighted by molar-refractivity contribution is 5.79. The van der Waals surface area contributed by atoms with E-state index in [1.54, 1.807) is 20.1 Å². The second-order valence-corrected chi connectivity index (χ2v) is 7.71. The Bertz CT molecular complexity index is 798. The van der Waals surface area contributed by atoms with Crippen molar-refractivity contribution >= 4 is 11.9 Å². The molecule has 0 atom stereocenters. The van der Waals surface area contributed by atoms with E-state index in [1.807, 2.05) is 32.0 Å². The van der Waals surface area contributed by atoms with Gasteiger partial charge in [-0.1, -0.05) is 0 Å².